The predicted molar refractivity (Wildman–Crippen MR) is 60.0 cm³/mol. The summed E-state index contributed by atoms with van der Waals surface area (Å²) in [5.74, 6) is 0. The van der Waals surface area contributed by atoms with Crippen LogP contribution in [0.15, 0.2) is 0 Å². The van der Waals surface area contributed by atoms with Gasteiger partial charge in [0.1, 0.15) is 0 Å². The Morgan fingerprint density at radius 3 is 2.17 bits per heavy atom. The molecular weight excluding hydrogens is 380 g/mol. The van der Waals surface area contributed by atoms with Crippen LogP contribution in [-0.2, 0) is 10.1 Å². The Morgan fingerprint density at radius 1 is 1.33 bits per heavy atom. The van der Waals surface area contributed by atoms with Crippen molar-refractivity contribution in [3.05, 3.63) is 0 Å². The highest BCUT2D eigenvalue weighted by molar-refractivity contribution is 9.13. The van der Waals surface area contributed by atoms with Gasteiger partial charge in [-0.2, -0.15) is 8.42 Å². The molecule has 0 radical (unpaired) electrons. The van der Waals surface area contributed by atoms with Crippen LogP contribution >= 0.6 is 47.8 Å². The zero-order valence-corrected chi connectivity index (χ0v) is 11.7. The molecule has 0 aliphatic rings. The Bertz CT molecular complexity index is 216. The maximum absolute atomic E-state index is 10.6. The smallest absolute Gasteiger partial charge is 0.279 e. The fourth-order valence-corrected chi connectivity index (χ4v) is 2.83. The number of halogens is 3. The summed E-state index contributed by atoms with van der Waals surface area (Å²) in [6.45, 7) is 0. The molecule has 2 atom stereocenters. The van der Waals surface area contributed by atoms with Crippen LogP contribution in [0.3, 0.4) is 0 Å². The summed E-state index contributed by atoms with van der Waals surface area (Å²) >= 11 is 9.30. The normalized spacial score (nSPS) is 17.3. The topological polar surface area (TPSA) is 54.4 Å². The van der Waals surface area contributed by atoms with E-state index in [-0.39, 0.29) is 4.83 Å². The maximum atomic E-state index is 10.6. The van der Waals surface area contributed by atoms with Gasteiger partial charge in [0.05, 0.1) is 0 Å². The molecule has 2 unspecified atom stereocenters. The first-order valence-corrected chi connectivity index (χ1v) is 7.65. The molecule has 0 saturated carbocycles. The molecular formula is C5H9Br3O3S. The third kappa shape index (κ3) is 5.16. The molecule has 0 heterocycles. The molecule has 0 aliphatic carbocycles. The van der Waals surface area contributed by atoms with E-state index in [0.717, 1.165) is 11.8 Å². The van der Waals surface area contributed by atoms with Gasteiger partial charge in [-0.05, 0) is 12.8 Å². The standard InChI is InChI=1S/C5H9Br3O3S/c6-3-1-2-4(7)5(8)12(9,10)11/h4-5H,1-3H2,(H,9,10,11). The molecule has 0 fully saturated rings. The highest BCUT2D eigenvalue weighted by Gasteiger charge is 2.26. The van der Waals surface area contributed by atoms with E-state index in [1.165, 1.54) is 0 Å². The molecule has 12 heavy (non-hydrogen) atoms. The minimum Gasteiger partial charge on any atom is -0.285 e. The fraction of sp³-hybridized carbons (Fsp3) is 1.00. The molecule has 0 saturated heterocycles. The minimum atomic E-state index is -3.98. The van der Waals surface area contributed by atoms with E-state index >= 15 is 0 Å². The first-order chi connectivity index (χ1) is 5.39. The molecule has 0 aromatic carbocycles. The fourth-order valence-electron chi connectivity index (χ4n) is 0.590. The van der Waals surface area contributed by atoms with Gasteiger partial charge in [-0.15, -0.1) is 0 Å². The lowest BCUT2D eigenvalue weighted by Gasteiger charge is -2.12. The maximum Gasteiger partial charge on any atom is 0.279 e. The summed E-state index contributed by atoms with van der Waals surface area (Å²) in [4.78, 5) is -0.259. The SMILES string of the molecule is O=S(=O)(O)C(Br)C(Br)CCCBr. The monoisotopic (exact) mass is 386 g/mol. The number of hydrogen-bond donors (Lipinski definition) is 1. The van der Waals surface area contributed by atoms with E-state index in [1.54, 1.807) is 0 Å². The first-order valence-electron chi connectivity index (χ1n) is 3.20. The molecule has 0 amide bonds. The van der Waals surface area contributed by atoms with Crippen molar-refractivity contribution in [3.8, 4) is 0 Å². The van der Waals surface area contributed by atoms with E-state index in [9.17, 15) is 8.42 Å². The second-order valence-electron chi connectivity index (χ2n) is 2.21. The Kier molecular flexibility index (Phi) is 6.62. The molecule has 3 nitrogen and oxygen atoms in total. The average Bonchev–Trinajstić information content (AvgIpc) is 1.97. The Morgan fingerprint density at radius 2 is 1.83 bits per heavy atom. The highest BCUT2D eigenvalue weighted by Crippen LogP contribution is 2.23. The van der Waals surface area contributed by atoms with Gasteiger partial charge in [0.25, 0.3) is 10.1 Å². The lowest BCUT2D eigenvalue weighted by Crippen LogP contribution is -2.23. The lowest BCUT2D eigenvalue weighted by atomic mass is 10.3. The van der Waals surface area contributed by atoms with Gasteiger partial charge in [-0.1, -0.05) is 47.8 Å². The Hall–Kier alpha value is 1.35. The van der Waals surface area contributed by atoms with E-state index in [0.29, 0.717) is 6.42 Å². The van der Waals surface area contributed by atoms with Crippen LogP contribution in [0.5, 0.6) is 0 Å². The first kappa shape index (κ1) is 13.4. The van der Waals surface area contributed by atoms with Gasteiger partial charge in [0.15, 0.2) is 4.16 Å². The minimum absolute atomic E-state index is 0.259. The lowest BCUT2D eigenvalue weighted by molar-refractivity contribution is 0.478. The van der Waals surface area contributed by atoms with Gasteiger partial charge < -0.3 is 0 Å². The average molecular weight is 389 g/mol. The second kappa shape index (κ2) is 5.95. The summed E-state index contributed by atoms with van der Waals surface area (Å²) in [6.07, 6.45) is 1.54. The van der Waals surface area contributed by atoms with Crippen LogP contribution in [0.25, 0.3) is 0 Å². The van der Waals surface area contributed by atoms with Crippen molar-refractivity contribution < 1.29 is 13.0 Å². The molecule has 1 N–H and O–H groups in total. The zero-order chi connectivity index (χ0) is 9.78. The summed E-state index contributed by atoms with van der Waals surface area (Å²) in [5, 5.41) is 0.820. The Balaban J connectivity index is 4.02. The van der Waals surface area contributed by atoms with Gasteiger partial charge >= 0.3 is 0 Å². The summed E-state index contributed by atoms with van der Waals surface area (Å²) < 4.78 is 28.9. The predicted octanol–water partition coefficient (Wildman–Crippen LogP) is 2.53. The van der Waals surface area contributed by atoms with Crippen LogP contribution in [0.4, 0.5) is 0 Å². The van der Waals surface area contributed by atoms with Gasteiger partial charge in [0.2, 0.25) is 0 Å². The number of rotatable bonds is 5. The van der Waals surface area contributed by atoms with Crippen molar-refractivity contribution >= 4 is 57.9 Å². The van der Waals surface area contributed by atoms with Gasteiger partial charge in [-0.3, -0.25) is 4.55 Å². The highest BCUT2D eigenvalue weighted by atomic mass is 79.9. The molecule has 74 valence electrons. The van der Waals surface area contributed by atoms with Crippen LogP contribution < -0.4 is 0 Å². The van der Waals surface area contributed by atoms with Crippen molar-refractivity contribution in [1.82, 2.24) is 0 Å². The quantitative estimate of drug-likeness (QED) is 0.581. The van der Waals surface area contributed by atoms with Crippen LogP contribution in [-0.4, -0.2) is 27.3 Å². The second-order valence-corrected chi connectivity index (χ2v) is 7.31. The van der Waals surface area contributed by atoms with Crippen molar-refractivity contribution in [2.75, 3.05) is 5.33 Å². The molecule has 0 aromatic heterocycles. The molecule has 7 heteroatoms. The summed E-state index contributed by atoms with van der Waals surface area (Å²) in [5.41, 5.74) is 0. The zero-order valence-electron chi connectivity index (χ0n) is 6.08. The largest absolute Gasteiger partial charge is 0.285 e. The van der Waals surface area contributed by atoms with Crippen LogP contribution in [0, 0.1) is 0 Å². The van der Waals surface area contributed by atoms with E-state index in [4.69, 9.17) is 4.55 Å². The van der Waals surface area contributed by atoms with Crippen molar-refractivity contribution in [1.29, 1.82) is 0 Å². The number of hydrogen-bond acceptors (Lipinski definition) is 2. The van der Waals surface area contributed by atoms with E-state index < -0.39 is 14.3 Å². The van der Waals surface area contributed by atoms with Crippen molar-refractivity contribution in [3.63, 3.8) is 0 Å². The molecule has 0 aromatic rings. The number of alkyl halides is 3. The van der Waals surface area contributed by atoms with Gasteiger partial charge in [0, 0.05) is 10.2 Å². The van der Waals surface area contributed by atoms with Crippen LogP contribution in [0.2, 0.25) is 0 Å². The summed E-state index contributed by atoms with van der Waals surface area (Å²) in [7, 11) is -3.98. The van der Waals surface area contributed by atoms with Crippen LogP contribution in [0.1, 0.15) is 12.8 Å². The Labute approximate surface area is 97.4 Å². The third-order valence-electron chi connectivity index (χ3n) is 1.18. The van der Waals surface area contributed by atoms with Crippen molar-refractivity contribution in [2.24, 2.45) is 0 Å². The molecule has 0 spiro atoms. The molecule has 0 bridgehead atoms. The third-order valence-corrected chi connectivity index (χ3v) is 6.74. The van der Waals surface area contributed by atoms with E-state index in [2.05, 4.69) is 47.8 Å². The molecule has 0 aliphatic heterocycles. The van der Waals surface area contributed by atoms with Gasteiger partial charge in [-0.25, -0.2) is 0 Å². The summed E-state index contributed by atoms with van der Waals surface area (Å²) in [6, 6.07) is 0. The van der Waals surface area contributed by atoms with Crippen molar-refractivity contribution in [2.45, 2.75) is 21.8 Å². The molecule has 0 rings (SSSR count). The van der Waals surface area contributed by atoms with E-state index in [1.807, 2.05) is 0 Å².